The van der Waals surface area contributed by atoms with E-state index in [4.69, 9.17) is 9.72 Å². The summed E-state index contributed by atoms with van der Waals surface area (Å²) >= 11 is 1.72. The number of ether oxygens (including phenoxy) is 1. The summed E-state index contributed by atoms with van der Waals surface area (Å²) < 4.78 is 6.22. The van der Waals surface area contributed by atoms with Crippen LogP contribution in [0.3, 0.4) is 0 Å². The lowest BCUT2D eigenvalue weighted by molar-refractivity contribution is 0.0352. The van der Waals surface area contributed by atoms with Crippen molar-refractivity contribution in [3.63, 3.8) is 0 Å². The summed E-state index contributed by atoms with van der Waals surface area (Å²) in [4.78, 5) is 27.2. The fourth-order valence-corrected chi connectivity index (χ4v) is 4.62. The normalized spacial score (nSPS) is 29.0. The average molecular weight is 342 g/mol. The van der Waals surface area contributed by atoms with Gasteiger partial charge >= 0.3 is 0 Å². The number of amides is 1. The maximum Gasteiger partial charge on any atom is 0.274 e. The minimum absolute atomic E-state index is 0.0529. The van der Waals surface area contributed by atoms with E-state index in [-0.39, 0.29) is 18.1 Å². The number of fused-ring (bicyclic) bond motifs is 1. The maximum absolute atomic E-state index is 12.5. The van der Waals surface area contributed by atoms with E-state index < -0.39 is 0 Å². The first-order chi connectivity index (χ1) is 11.8. The number of carbonyl (C=O) groups excluding carboxylic acids is 1. The molecule has 0 aromatic carbocycles. The highest BCUT2D eigenvalue weighted by molar-refractivity contribution is 7.09. The summed E-state index contributed by atoms with van der Waals surface area (Å²) in [5, 5.41) is 3.30. The Bertz CT molecular complexity index is 747. The zero-order valence-electron chi connectivity index (χ0n) is 13.2. The third-order valence-corrected chi connectivity index (χ3v) is 6.07. The second-order valence-corrected chi connectivity index (χ2v) is 7.73. The van der Waals surface area contributed by atoms with Gasteiger partial charge in [-0.05, 0) is 19.3 Å². The second kappa shape index (κ2) is 5.60. The van der Waals surface area contributed by atoms with Crippen LogP contribution in [0.5, 0.6) is 0 Å². The molecule has 24 heavy (non-hydrogen) atoms. The standard InChI is InChI=1S/C17H18N4O2S/c22-17(12-6-18-3-4-19-12)21-7-11-5-14(23-15(11)8-21)16-20-13(9-24-16)10-1-2-10/h3-4,6,9-11,14-15H,1-2,5,7-8H2/t11-,14-,15+/m1/s1. The Labute approximate surface area is 143 Å². The Hall–Kier alpha value is -1.86. The van der Waals surface area contributed by atoms with Crippen LogP contribution >= 0.6 is 11.3 Å². The van der Waals surface area contributed by atoms with E-state index >= 15 is 0 Å². The van der Waals surface area contributed by atoms with Crippen molar-refractivity contribution in [2.45, 2.75) is 37.4 Å². The van der Waals surface area contributed by atoms with Crippen molar-refractivity contribution in [3.05, 3.63) is 40.4 Å². The lowest BCUT2D eigenvalue weighted by Gasteiger charge is -2.18. The summed E-state index contributed by atoms with van der Waals surface area (Å²) in [6.07, 6.45) is 8.37. The number of nitrogens with zero attached hydrogens (tertiary/aromatic N) is 4. The number of thiazole rings is 1. The smallest absolute Gasteiger partial charge is 0.274 e. The largest absolute Gasteiger partial charge is 0.366 e. The van der Waals surface area contributed by atoms with E-state index in [1.54, 1.807) is 23.7 Å². The summed E-state index contributed by atoms with van der Waals surface area (Å²) in [6.45, 7) is 1.37. The van der Waals surface area contributed by atoms with Gasteiger partial charge in [0.05, 0.1) is 18.0 Å². The molecule has 0 N–H and O–H groups in total. The SMILES string of the molecule is O=C(c1cnccn1)N1C[C@H]2C[C@H](c3nc(C4CC4)cs3)O[C@H]2C1. The molecule has 2 aromatic rings. The van der Waals surface area contributed by atoms with Crippen molar-refractivity contribution in [1.82, 2.24) is 19.9 Å². The van der Waals surface area contributed by atoms with Crippen LogP contribution in [-0.2, 0) is 4.74 Å². The molecule has 3 aliphatic rings. The number of rotatable bonds is 3. The molecule has 1 amide bonds. The number of hydrogen-bond acceptors (Lipinski definition) is 6. The lowest BCUT2D eigenvalue weighted by Crippen LogP contribution is -2.31. The minimum atomic E-state index is -0.0529. The third kappa shape index (κ3) is 2.52. The zero-order valence-corrected chi connectivity index (χ0v) is 14.0. The van der Waals surface area contributed by atoms with Gasteiger partial charge in [-0.15, -0.1) is 11.3 Å². The number of aromatic nitrogens is 3. The van der Waals surface area contributed by atoms with E-state index in [0.717, 1.165) is 18.0 Å². The van der Waals surface area contributed by atoms with Crippen molar-refractivity contribution in [2.75, 3.05) is 13.1 Å². The van der Waals surface area contributed by atoms with E-state index in [9.17, 15) is 4.79 Å². The molecule has 124 valence electrons. The van der Waals surface area contributed by atoms with Crippen LogP contribution < -0.4 is 0 Å². The minimum Gasteiger partial charge on any atom is -0.366 e. The van der Waals surface area contributed by atoms with Gasteiger partial charge in [0.2, 0.25) is 0 Å². The van der Waals surface area contributed by atoms with Crippen molar-refractivity contribution in [2.24, 2.45) is 5.92 Å². The third-order valence-electron chi connectivity index (χ3n) is 5.12. The van der Waals surface area contributed by atoms with E-state index in [0.29, 0.717) is 24.1 Å². The number of likely N-dealkylation sites (tertiary alicyclic amines) is 1. The van der Waals surface area contributed by atoms with Gasteiger partial charge in [-0.25, -0.2) is 9.97 Å². The van der Waals surface area contributed by atoms with Crippen LogP contribution in [0, 0.1) is 5.92 Å². The highest BCUT2D eigenvalue weighted by atomic mass is 32.1. The first-order valence-electron chi connectivity index (χ1n) is 8.44. The van der Waals surface area contributed by atoms with Gasteiger partial charge in [-0.2, -0.15) is 0 Å². The highest BCUT2D eigenvalue weighted by Crippen LogP contribution is 2.45. The van der Waals surface area contributed by atoms with Crippen LogP contribution in [0.4, 0.5) is 0 Å². The number of carbonyl (C=O) groups is 1. The Morgan fingerprint density at radius 1 is 1.29 bits per heavy atom. The van der Waals surface area contributed by atoms with Crippen molar-refractivity contribution < 1.29 is 9.53 Å². The van der Waals surface area contributed by atoms with Crippen molar-refractivity contribution in [3.8, 4) is 0 Å². The molecular weight excluding hydrogens is 324 g/mol. The van der Waals surface area contributed by atoms with Gasteiger partial charge in [0.1, 0.15) is 16.8 Å². The van der Waals surface area contributed by atoms with E-state index in [2.05, 4.69) is 15.3 Å². The molecule has 7 heteroatoms. The topological polar surface area (TPSA) is 68.2 Å². The molecule has 3 fully saturated rings. The first kappa shape index (κ1) is 14.5. The molecule has 1 aliphatic carbocycles. The lowest BCUT2D eigenvalue weighted by atomic mass is 10.0. The molecule has 4 heterocycles. The second-order valence-electron chi connectivity index (χ2n) is 6.84. The van der Waals surface area contributed by atoms with Crippen LogP contribution in [0.25, 0.3) is 0 Å². The predicted octanol–water partition coefficient (Wildman–Crippen LogP) is 2.41. The van der Waals surface area contributed by atoms with Crippen molar-refractivity contribution >= 4 is 17.2 Å². The van der Waals surface area contributed by atoms with Crippen LogP contribution in [0.15, 0.2) is 24.0 Å². The van der Waals surface area contributed by atoms with Gasteiger partial charge in [-0.3, -0.25) is 9.78 Å². The Morgan fingerprint density at radius 3 is 2.96 bits per heavy atom. The zero-order chi connectivity index (χ0) is 16.1. The number of hydrogen-bond donors (Lipinski definition) is 0. The fraction of sp³-hybridized carbons (Fsp3) is 0.529. The van der Waals surface area contributed by atoms with Gasteiger partial charge in [0.25, 0.3) is 5.91 Å². The molecule has 2 aromatic heterocycles. The molecule has 0 bridgehead atoms. The fourth-order valence-electron chi connectivity index (χ4n) is 3.68. The van der Waals surface area contributed by atoms with Crippen LogP contribution in [-0.4, -0.2) is 45.0 Å². The van der Waals surface area contributed by atoms with Gasteiger partial charge in [0.15, 0.2) is 0 Å². The van der Waals surface area contributed by atoms with E-state index in [1.165, 1.54) is 24.7 Å². The van der Waals surface area contributed by atoms with Gasteiger partial charge in [0, 0.05) is 42.7 Å². The highest BCUT2D eigenvalue weighted by Gasteiger charge is 2.45. The Balaban J connectivity index is 1.24. The molecule has 0 radical (unpaired) electrons. The molecule has 0 unspecified atom stereocenters. The van der Waals surface area contributed by atoms with Crippen molar-refractivity contribution in [1.29, 1.82) is 0 Å². The molecule has 2 saturated heterocycles. The first-order valence-corrected chi connectivity index (χ1v) is 9.32. The molecule has 1 saturated carbocycles. The molecule has 0 spiro atoms. The van der Waals surface area contributed by atoms with Gasteiger partial charge in [-0.1, -0.05) is 0 Å². The molecule has 3 atom stereocenters. The average Bonchev–Trinajstić information content (AvgIpc) is 3.04. The summed E-state index contributed by atoms with van der Waals surface area (Å²) in [5.41, 5.74) is 1.65. The predicted molar refractivity (Wildman–Crippen MR) is 87.7 cm³/mol. The molecule has 2 aliphatic heterocycles. The Morgan fingerprint density at radius 2 is 2.21 bits per heavy atom. The molecule has 6 nitrogen and oxygen atoms in total. The monoisotopic (exact) mass is 342 g/mol. The van der Waals surface area contributed by atoms with Gasteiger partial charge < -0.3 is 9.64 Å². The Kier molecular flexibility index (Phi) is 3.38. The van der Waals surface area contributed by atoms with Crippen LogP contribution in [0.2, 0.25) is 0 Å². The summed E-state index contributed by atoms with van der Waals surface area (Å²) in [5.74, 6) is 1.03. The summed E-state index contributed by atoms with van der Waals surface area (Å²) in [7, 11) is 0. The molecule has 5 rings (SSSR count). The maximum atomic E-state index is 12.5. The van der Waals surface area contributed by atoms with E-state index in [1.807, 2.05) is 4.90 Å². The molecular formula is C17H18N4O2S. The van der Waals surface area contributed by atoms with Crippen LogP contribution in [0.1, 0.15) is 52.5 Å². The quantitative estimate of drug-likeness (QED) is 0.857. The summed E-state index contributed by atoms with van der Waals surface area (Å²) in [6, 6.07) is 0.